The zero-order valence-electron chi connectivity index (χ0n) is 8.91. The van der Waals surface area contributed by atoms with Gasteiger partial charge in [0.2, 0.25) is 0 Å². The molecule has 0 aliphatic rings. The molecule has 0 saturated carbocycles. The Bertz CT molecular complexity index is 459. The molecule has 0 radical (unpaired) electrons. The number of hydrogen-bond acceptors (Lipinski definition) is 1. The van der Waals surface area contributed by atoms with Crippen molar-refractivity contribution >= 4 is 23.2 Å². The molecule has 84 valence electrons. The second-order valence-corrected chi connectivity index (χ2v) is 4.71. The van der Waals surface area contributed by atoms with Gasteiger partial charge in [0.15, 0.2) is 0 Å². The van der Waals surface area contributed by atoms with E-state index in [1.807, 2.05) is 43.3 Å². The minimum Gasteiger partial charge on any atom is -0.465 e. The summed E-state index contributed by atoms with van der Waals surface area (Å²) in [6.07, 6.45) is 0.742. The fourth-order valence-electron chi connectivity index (χ4n) is 1.55. The van der Waals surface area contributed by atoms with Crippen LogP contribution in [-0.2, 0) is 6.42 Å². The van der Waals surface area contributed by atoms with Gasteiger partial charge in [0.25, 0.3) is 0 Å². The van der Waals surface area contributed by atoms with Gasteiger partial charge in [0.1, 0.15) is 11.5 Å². The summed E-state index contributed by atoms with van der Waals surface area (Å²) in [6, 6.07) is 11.5. The molecule has 1 aromatic carbocycles. The highest BCUT2D eigenvalue weighted by Gasteiger charge is 2.12. The van der Waals surface area contributed by atoms with Gasteiger partial charge in [-0.05, 0) is 43.2 Å². The van der Waals surface area contributed by atoms with Crippen molar-refractivity contribution < 1.29 is 4.42 Å². The highest BCUT2D eigenvalue weighted by atomic mass is 35.5. The van der Waals surface area contributed by atoms with Gasteiger partial charge in [-0.3, -0.25) is 0 Å². The number of alkyl halides is 1. The molecule has 0 saturated heterocycles. The predicted octanol–water partition coefficient (Wildman–Crippen LogP) is 4.76. The van der Waals surface area contributed by atoms with Crippen molar-refractivity contribution in [2.24, 2.45) is 0 Å². The summed E-state index contributed by atoms with van der Waals surface area (Å²) in [5, 5.41) is 0.610. The number of furan rings is 1. The van der Waals surface area contributed by atoms with Crippen LogP contribution < -0.4 is 0 Å². The van der Waals surface area contributed by atoms with Gasteiger partial charge < -0.3 is 4.42 Å². The van der Waals surface area contributed by atoms with Crippen LogP contribution in [0.2, 0.25) is 5.02 Å². The Morgan fingerprint density at radius 2 is 1.81 bits per heavy atom. The van der Waals surface area contributed by atoms with E-state index in [1.54, 1.807) is 0 Å². The summed E-state index contributed by atoms with van der Waals surface area (Å²) in [7, 11) is 0. The topological polar surface area (TPSA) is 13.1 Å². The number of hydrogen-bond donors (Lipinski definition) is 0. The largest absolute Gasteiger partial charge is 0.465 e. The lowest BCUT2D eigenvalue weighted by molar-refractivity contribution is 0.477. The van der Waals surface area contributed by atoms with Crippen LogP contribution in [-0.4, -0.2) is 0 Å². The molecule has 1 heterocycles. The first-order chi connectivity index (χ1) is 7.65. The van der Waals surface area contributed by atoms with E-state index < -0.39 is 0 Å². The molecule has 0 fully saturated rings. The van der Waals surface area contributed by atoms with Gasteiger partial charge in [-0.1, -0.05) is 23.7 Å². The SMILES string of the molecule is Cc1ccc(C(Cl)Cc2ccc(Cl)cc2)o1. The summed E-state index contributed by atoms with van der Waals surface area (Å²) < 4.78 is 5.48. The smallest absolute Gasteiger partial charge is 0.122 e. The van der Waals surface area contributed by atoms with Crippen molar-refractivity contribution in [3.8, 4) is 0 Å². The van der Waals surface area contributed by atoms with E-state index in [0.717, 1.165) is 28.5 Å². The first-order valence-electron chi connectivity index (χ1n) is 5.10. The van der Waals surface area contributed by atoms with Gasteiger partial charge >= 0.3 is 0 Å². The Morgan fingerprint density at radius 3 is 2.38 bits per heavy atom. The van der Waals surface area contributed by atoms with Crippen molar-refractivity contribution in [2.75, 3.05) is 0 Å². The van der Waals surface area contributed by atoms with Crippen LogP contribution in [0, 0.1) is 6.92 Å². The Kier molecular flexibility index (Phi) is 3.57. The summed E-state index contributed by atoms with van der Waals surface area (Å²) in [6.45, 7) is 1.91. The molecule has 1 unspecified atom stereocenters. The second kappa shape index (κ2) is 4.94. The van der Waals surface area contributed by atoms with Gasteiger partial charge in [-0.25, -0.2) is 0 Å². The third-order valence-corrected chi connectivity index (χ3v) is 3.02. The Balaban J connectivity index is 2.07. The zero-order valence-corrected chi connectivity index (χ0v) is 10.4. The molecular formula is C13H12Cl2O. The van der Waals surface area contributed by atoms with Crippen LogP contribution in [0.5, 0.6) is 0 Å². The molecule has 0 spiro atoms. The molecule has 3 heteroatoms. The summed E-state index contributed by atoms with van der Waals surface area (Å²) in [4.78, 5) is 0. The van der Waals surface area contributed by atoms with Crippen molar-refractivity contribution in [3.63, 3.8) is 0 Å². The molecule has 0 bridgehead atoms. The lowest BCUT2D eigenvalue weighted by atomic mass is 10.1. The minimum absolute atomic E-state index is 0.130. The molecular weight excluding hydrogens is 243 g/mol. The predicted molar refractivity (Wildman–Crippen MR) is 67.2 cm³/mol. The molecule has 1 atom stereocenters. The summed E-state index contributed by atoms with van der Waals surface area (Å²) >= 11 is 12.1. The van der Waals surface area contributed by atoms with Gasteiger partial charge in [-0.15, -0.1) is 11.6 Å². The summed E-state index contributed by atoms with van der Waals surface area (Å²) in [5.74, 6) is 1.70. The van der Waals surface area contributed by atoms with Crippen molar-refractivity contribution in [3.05, 3.63) is 58.5 Å². The molecule has 2 aromatic rings. The normalized spacial score (nSPS) is 12.7. The maximum absolute atomic E-state index is 6.27. The van der Waals surface area contributed by atoms with E-state index in [-0.39, 0.29) is 5.38 Å². The van der Waals surface area contributed by atoms with E-state index >= 15 is 0 Å². The molecule has 2 rings (SSSR count). The average Bonchev–Trinajstić information content (AvgIpc) is 2.68. The second-order valence-electron chi connectivity index (χ2n) is 3.75. The molecule has 0 amide bonds. The van der Waals surface area contributed by atoms with E-state index in [4.69, 9.17) is 27.6 Å². The van der Waals surface area contributed by atoms with Crippen LogP contribution in [0.3, 0.4) is 0 Å². The first kappa shape index (κ1) is 11.6. The van der Waals surface area contributed by atoms with Crippen LogP contribution in [0.4, 0.5) is 0 Å². The lowest BCUT2D eigenvalue weighted by Gasteiger charge is -2.06. The third kappa shape index (κ3) is 2.81. The third-order valence-electron chi connectivity index (χ3n) is 2.40. The molecule has 1 aromatic heterocycles. The Labute approximate surface area is 105 Å². The maximum atomic E-state index is 6.27. The highest BCUT2D eigenvalue weighted by molar-refractivity contribution is 6.30. The number of rotatable bonds is 3. The monoisotopic (exact) mass is 254 g/mol. The minimum atomic E-state index is -0.130. The quantitative estimate of drug-likeness (QED) is 0.720. The highest BCUT2D eigenvalue weighted by Crippen LogP contribution is 2.26. The average molecular weight is 255 g/mol. The van der Waals surface area contributed by atoms with Gasteiger partial charge in [0.05, 0.1) is 5.38 Å². The fourth-order valence-corrected chi connectivity index (χ4v) is 1.97. The van der Waals surface area contributed by atoms with Crippen LogP contribution in [0.1, 0.15) is 22.5 Å². The maximum Gasteiger partial charge on any atom is 0.122 e. The fraction of sp³-hybridized carbons (Fsp3) is 0.231. The number of halogens is 2. The van der Waals surface area contributed by atoms with E-state index in [2.05, 4.69) is 0 Å². The lowest BCUT2D eigenvalue weighted by Crippen LogP contribution is -1.93. The zero-order chi connectivity index (χ0) is 11.5. The van der Waals surface area contributed by atoms with E-state index in [0.29, 0.717) is 0 Å². The van der Waals surface area contributed by atoms with Gasteiger partial charge in [0, 0.05) is 5.02 Å². The van der Waals surface area contributed by atoms with E-state index in [1.165, 1.54) is 0 Å². The molecule has 0 aliphatic carbocycles. The van der Waals surface area contributed by atoms with Crippen LogP contribution in [0.25, 0.3) is 0 Å². The Morgan fingerprint density at radius 1 is 1.12 bits per heavy atom. The van der Waals surface area contributed by atoms with Crippen molar-refractivity contribution in [1.29, 1.82) is 0 Å². The van der Waals surface area contributed by atoms with E-state index in [9.17, 15) is 0 Å². The molecule has 16 heavy (non-hydrogen) atoms. The number of aryl methyl sites for hydroxylation is 1. The molecule has 0 N–H and O–H groups in total. The van der Waals surface area contributed by atoms with Crippen LogP contribution in [0.15, 0.2) is 40.8 Å². The van der Waals surface area contributed by atoms with Gasteiger partial charge in [-0.2, -0.15) is 0 Å². The summed E-state index contributed by atoms with van der Waals surface area (Å²) in [5.41, 5.74) is 1.15. The standard InChI is InChI=1S/C13H12Cl2O/c1-9-2-7-13(16-9)12(15)8-10-3-5-11(14)6-4-10/h2-7,12H,8H2,1H3. The first-order valence-corrected chi connectivity index (χ1v) is 5.91. The molecule has 0 aliphatic heterocycles. The van der Waals surface area contributed by atoms with Crippen LogP contribution >= 0.6 is 23.2 Å². The molecule has 1 nitrogen and oxygen atoms in total. The number of benzene rings is 1. The van der Waals surface area contributed by atoms with Crippen molar-refractivity contribution in [2.45, 2.75) is 18.7 Å². The Hall–Kier alpha value is -0.920. The van der Waals surface area contributed by atoms with Crippen molar-refractivity contribution in [1.82, 2.24) is 0 Å².